The predicted molar refractivity (Wildman–Crippen MR) is 129 cm³/mol. The van der Waals surface area contributed by atoms with E-state index in [4.69, 9.17) is 0 Å². The summed E-state index contributed by atoms with van der Waals surface area (Å²) in [5.41, 5.74) is 3.40. The molecule has 1 N–H and O–H groups in total. The summed E-state index contributed by atoms with van der Waals surface area (Å²) in [5.74, 6) is 0.0570. The molecular formula is C26H29N3O2S. The molecule has 3 heterocycles. The molecule has 32 heavy (non-hydrogen) atoms. The largest absolute Gasteiger partial charge is 0.356 e. The fraction of sp³-hybridized carbons (Fsp3) is 0.346. The third kappa shape index (κ3) is 4.75. The van der Waals surface area contributed by atoms with Crippen molar-refractivity contribution in [2.75, 3.05) is 19.6 Å². The Bertz CT molecular complexity index is 1100. The van der Waals surface area contributed by atoms with Crippen LogP contribution in [0.3, 0.4) is 0 Å². The van der Waals surface area contributed by atoms with Crippen LogP contribution in [0.1, 0.15) is 40.6 Å². The number of amides is 2. The maximum atomic E-state index is 13.3. The highest BCUT2D eigenvalue weighted by Gasteiger charge is 2.43. The first-order chi connectivity index (χ1) is 15.5. The lowest BCUT2D eigenvalue weighted by Crippen LogP contribution is -2.54. The van der Waals surface area contributed by atoms with E-state index in [0.717, 1.165) is 40.0 Å². The van der Waals surface area contributed by atoms with Crippen LogP contribution in [-0.4, -0.2) is 41.3 Å². The molecule has 5 nitrogen and oxygen atoms in total. The van der Waals surface area contributed by atoms with E-state index in [9.17, 15) is 9.59 Å². The first kappa shape index (κ1) is 22.2. The van der Waals surface area contributed by atoms with E-state index in [-0.39, 0.29) is 11.8 Å². The Morgan fingerprint density at radius 1 is 1.16 bits per heavy atom. The van der Waals surface area contributed by atoms with Crippen molar-refractivity contribution >= 4 is 23.2 Å². The summed E-state index contributed by atoms with van der Waals surface area (Å²) in [6.45, 7) is 5.65. The van der Waals surface area contributed by atoms with Gasteiger partial charge in [0.05, 0.1) is 11.0 Å². The fourth-order valence-corrected chi connectivity index (χ4v) is 5.27. The summed E-state index contributed by atoms with van der Waals surface area (Å²) >= 11 is 1.58. The molecule has 1 fully saturated rings. The molecule has 1 saturated heterocycles. The molecule has 3 aromatic rings. The fourth-order valence-electron chi connectivity index (χ4n) is 4.60. The second-order valence-corrected chi connectivity index (χ2v) is 9.64. The number of hydrogen-bond donors (Lipinski definition) is 1. The van der Waals surface area contributed by atoms with Crippen molar-refractivity contribution in [3.63, 3.8) is 0 Å². The van der Waals surface area contributed by atoms with E-state index < -0.39 is 5.41 Å². The summed E-state index contributed by atoms with van der Waals surface area (Å²) in [6, 6.07) is 14.3. The smallest absolute Gasteiger partial charge is 0.254 e. The molecule has 1 aromatic carbocycles. The highest BCUT2D eigenvalue weighted by atomic mass is 32.1. The van der Waals surface area contributed by atoms with Gasteiger partial charge in [-0.05, 0) is 68.0 Å². The number of aryl methyl sites for hydroxylation is 1. The van der Waals surface area contributed by atoms with Crippen LogP contribution in [0.15, 0.2) is 60.2 Å². The number of rotatable bonds is 6. The maximum absolute atomic E-state index is 13.3. The SMILES string of the molecule is CCNC(=O)C1(Cc2cccc(-c3ccncc3)c2)CCCN(C(=O)c2csc(C)c2)C1. The van der Waals surface area contributed by atoms with Gasteiger partial charge in [-0.25, -0.2) is 0 Å². The van der Waals surface area contributed by atoms with Crippen LogP contribution in [0.25, 0.3) is 11.1 Å². The number of nitrogens with zero attached hydrogens (tertiary/aromatic N) is 2. The summed E-state index contributed by atoms with van der Waals surface area (Å²) in [4.78, 5) is 33.6. The first-order valence-electron chi connectivity index (χ1n) is 11.1. The summed E-state index contributed by atoms with van der Waals surface area (Å²) in [7, 11) is 0. The molecule has 4 rings (SSSR count). The van der Waals surface area contributed by atoms with Crippen molar-refractivity contribution < 1.29 is 9.59 Å². The van der Waals surface area contributed by atoms with Crippen molar-refractivity contribution in [2.24, 2.45) is 5.41 Å². The number of carbonyl (C=O) groups excluding carboxylic acids is 2. The van der Waals surface area contributed by atoms with Gasteiger partial charge in [-0.2, -0.15) is 0 Å². The van der Waals surface area contributed by atoms with E-state index in [2.05, 4.69) is 28.5 Å². The lowest BCUT2D eigenvalue weighted by atomic mass is 9.74. The quantitative estimate of drug-likeness (QED) is 0.595. The Morgan fingerprint density at radius 2 is 1.97 bits per heavy atom. The standard InChI is InChI=1S/C26H29N3O2S/c1-3-28-25(31)26(10-5-13-29(18-26)24(30)23-14-19(2)32-17-23)16-20-6-4-7-22(15-20)21-8-11-27-12-9-21/h4,6-9,11-12,14-15,17H,3,5,10,13,16,18H2,1-2H3,(H,28,31). The summed E-state index contributed by atoms with van der Waals surface area (Å²) in [6.07, 6.45) is 5.76. The first-order valence-corrected chi connectivity index (χ1v) is 12.0. The zero-order valence-electron chi connectivity index (χ0n) is 18.6. The van der Waals surface area contributed by atoms with Crippen LogP contribution >= 0.6 is 11.3 Å². The Morgan fingerprint density at radius 3 is 2.69 bits per heavy atom. The number of nitrogens with one attached hydrogen (secondary N) is 1. The van der Waals surface area contributed by atoms with Gasteiger partial charge in [0.15, 0.2) is 0 Å². The minimum Gasteiger partial charge on any atom is -0.356 e. The Labute approximate surface area is 193 Å². The molecule has 1 aliphatic heterocycles. The Kier molecular flexibility index (Phi) is 6.70. The topological polar surface area (TPSA) is 62.3 Å². The minimum absolute atomic E-state index is 0.0215. The third-order valence-electron chi connectivity index (χ3n) is 6.14. The Balaban J connectivity index is 1.62. The molecule has 1 unspecified atom stereocenters. The van der Waals surface area contributed by atoms with Crippen molar-refractivity contribution in [2.45, 2.75) is 33.1 Å². The zero-order valence-corrected chi connectivity index (χ0v) is 19.5. The van der Waals surface area contributed by atoms with Crippen molar-refractivity contribution in [3.05, 3.63) is 76.2 Å². The molecule has 166 valence electrons. The number of piperidine rings is 1. The van der Waals surface area contributed by atoms with Gasteiger partial charge in [-0.15, -0.1) is 11.3 Å². The Hall–Kier alpha value is -2.99. The highest BCUT2D eigenvalue weighted by Crippen LogP contribution is 2.36. The molecule has 0 radical (unpaired) electrons. The molecule has 1 aliphatic rings. The van der Waals surface area contributed by atoms with Crippen LogP contribution in [0.2, 0.25) is 0 Å². The van der Waals surface area contributed by atoms with Crippen LogP contribution in [0.4, 0.5) is 0 Å². The van der Waals surface area contributed by atoms with Crippen LogP contribution < -0.4 is 5.32 Å². The van der Waals surface area contributed by atoms with E-state index in [0.29, 0.717) is 26.1 Å². The monoisotopic (exact) mass is 447 g/mol. The van der Waals surface area contributed by atoms with Gasteiger partial charge in [-0.3, -0.25) is 14.6 Å². The zero-order chi connectivity index (χ0) is 22.6. The maximum Gasteiger partial charge on any atom is 0.254 e. The number of aromatic nitrogens is 1. The molecule has 1 atom stereocenters. The van der Waals surface area contributed by atoms with Crippen LogP contribution in [0.5, 0.6) is 0 Å². The molecule has 6 heteroatoms. The van der Waals surface area contributed by atoms with E-state index in [1.54, 1.807) is 23.7 Å². The normalized spacial score (nSPS) is 18.4. The lowest BCUT2D eigenvalue weighted by Gasteiger charge is -2.42. The number of carbonyl (C=O) groups is 2. The van der Waals surface area contributed by atoms with Crippen molar-refractivity contribution in [3.8, 4) is 11.1 Å². The van der Waals surface area contributed by atoms with Gasteiger partial charge < -0.3 is 10.2 Å². The number of hydrogen-bond acceptors (Lipinski definition) is 4. The van der Waals surface area contributed by atoms with Gasteiger partial charge in [0.25, 0.3) is 5.91 Å². The molecular weight excluding hydrogens is 418 g/mol. The lowest BCUT2D eigenvalue weighted by molar-refractivity contribution is -0.133. The number of likely N-dealkylation sites (tertiary alicyclic amines) is 1. The van der Waals surface area contributed by atoms with E-state index in [1.807, 2.05) is 48.4 Å². The van der Waals surface area contributed by atoms with E-state index >= 15 is 0 Å². The average Bonchev–Trinajstić information content (AvgIpc) is 3.26. The van der Waals surface area contributed by atoms with E-state index in [1.165, 1.54) is 0 Å². The molecule has 2 amide bonds. The summed E-state index contributed by atoms with van der Waals surface area (Å²) < 4.78 is 0. The van der Waals surface area contributed by atoms with Gasteiger partial charge in [0.1, 0.15) is 0 Å². The van der Waals surface area contributed by atoms with Gasteiger partial charge in [0.2, 0.25) is 5.91 Å². The second-order valence-electron chi connectivity index (χ2n) is 8.53. The highest BCUT2D eigenvalue weighted by molar-refractivity contribution is 7.10. The molecule has 2 aromatic heterocycles. The van der Waals surface area contributed by atoms with Gasteiger partial charge in [0, 0.05) is 42.3 Å². The number of benzene rings is 1. The van der Waals surface area contributed by atoms with Crippen molar-refractivity contribution in [1.29, 1.82) is 0 Å². The number of thiophene rings is 1. The van der Waals surface area contributed by atoms with Crippen LogP contribution in [-0.2, 0) is 11.2 Å². The predicted octanol–water partition coefficient (Wildman–Crippen LogP) is 4.72. The minimum atomic E-state index is -0.633. The third-order valence-corrected chi connectivity index (χ3v) is 7.01. The molecule has 0 bridgehead atoms. The molecule has 0 spiro atoms. The average molecular weight is 448 g/mol. The second kappa shape index (κ2) is 9.65. The summed E-state index contributed by atoms with van der Waals surface area (Å²) in [5, 5.41) is 4.96. The van der Waals surface area contributed by atoms with Crippen LogP contribution in [0, 0.1) is 12.3 Å². The number of pyridine rings is 1. The van der Waals surface area contributed by atoms with Crippen molar-refractivity contribution in [1.82, 2.24) is 15.2 Å². The van der Waals surface area contributed by atoms with Gasteiger partial charge in [-0.1, -0.05) is 24.3 Å². The van der Waals surface area contributed by atoms with Gasteiger partial charge >= 0.3 is 0 Å². The molecule has 0 aliphatic carbocycles. The molecule has 0 saturated carbocycles.